The minimum atomic E-state index is -1.66. The Balaban J connectivity index is 2.92. The van der Waals surface area contributed by atoms with E-state index in [1.54, 1.807) is 124 Å². The zero-order valence-electron chi connectivity index (χ0n) is 34.7. The van der Waals surface area contributed by atoms with Gasteiger partial charge in [-0.2, -0.15) is 9.80 Å². The van der Waals surface area contributed by atoms with Gasteiger partial charge in [0.15, 0.2) is 0 Å². The van der Waals surface area contributed by atoms with Crippen molar-refractivity contribution in [3.8, 4) is 11.4 Å². The lowest BCUT2D eigenvalue weighted by molar-refractivity contribution is -0.147. The molecule has 55 heavy (non-hydrogen) atoms. The summed E-state index contributed by atoms with van der Waals surface area (Å²) in [5.74, 6) is -1.41. The second kappa shape index (κ2) is 17.9. The number of carbonyl (C=O) groups excluding carboxylic acids is 6. The Hall–Kier alpha value is -5.28. The van der Waals surface area contributed by atoms with Crippen molar-refractivity contribution in [3.05, 3.63) is 47.8 Å². The van der Waals surface area contributed by atoms with Crippen LogP contribution in [0.4, 0.5) is 19.2 Å². The lowest BCUT2D eigenvalue weighted by Gasteiger charge is -2.33. The van der Waals surface area contributed by atoms with Crippen molar-refractivity contribution in [1.82, 2.24) is 14.4 Å². The summed E-state index contributed by atoms with van der Waals surface area (Å²) in [5, 5.41) is 0. The molecule has 306 valence electrons. The highest BCUT2D eigenvalue weighted by atomic mass is 16.6. The molecule has 2 rings (SSSR count). The summed E-state index contributed by atoms with van der Waals surface area (Å²) < 4.78 is 39.3. The summed E-state index contributed by atoms with van der Waals surface area (Å²) in [6.45, 7) is 19.1. The molecule has 0 radical (unpaired) electrons. The molecule has 4 amide bonds. The number of carbonyl (C=O) groups is 6. The molecule has 1 aromatic heterocycles. The number of hydrogen-bond donors (Lipinski definition) is 0. The second-order valence-corrected chi connectivity index (χ2v) is 16.6. The lowest BCUT2D eigenvalue weighted by Crippen LogP contribution is -2.53. The van der Waals surface area contributed by atoms with Crippen molar-refractivity contribution in [3.63, 3.8) is 0 Å². The van der Waals surface area contributed by atoms with Crippen molar-refractivity contribution in [2.45, 2.75) is 130 Å². The molecule has 0 bridgehead atoms. The van der Waals surface area contributed by atoms with Gasteiger partial charge in [-0.1, -0.05) is 0 Å². The lowest BCUT2D eigenvalue weighted by atomic mass is 9.98. The smallest absolute Gasteiger partial charge is 0.420 e. The molecule has 0 saturated heterocycles. The van der Waals surface area contributed by atoms with Crippen LogP contribution >= 0.6 is 0 Å². The fourth-order valence-electron chi connectivity index (χ4n) is 4.96. The molecular formula is C39H57N3O13. The third-order valence-electron chi connectivity index (χ3n) is 7.13. The Labute approximate surface area is 323 Å². The van der Waals surface area contributed by atoms with Gasteiger partial charge in [0.25, 0.3) is 0 Å². The number of aromatic nitrogens is 1. The van der Waals surface area contributed by atoms with E-state index in [2.05, 4.69) is 0 Å². The average Bonchev–Trinajstić information content (AvgIpc) is 3.41. The molecule has 0 N–H and O–H groups in total. The molecule has 0 fully saturated rings. The van der Waals surface area contributed by atoms with E-state index in [0.717, 1.165) is 14.2 Å². The number of amides is 4. The second-order valence-electron chi connectivity index (χ2n) is 16.6. The molecule has 0 aliphatic carbocycles. The molecule has 1 aromatic carbocycles. The van der Waals surface area contributed by atoms with Crippen LogP contribution in [-0.2, 0) is 50.9 Å². The van der Waals surface area contributed by atoms with E-state index in [9.17, 15) is 28.8 Å². The summed E-state index contributed by atoms with van der Waals surface area (Å²) >= 11 is 0. The Kier molecular flexibility index (Phi) is 14.9. The highest BCUT2D eigenvalue weighted by molar-refractivity contribution is 5.95. The van der Waals surface area contributed by atoms with Crippen molar-refractivity contribution < 1.29 is 61.9 Å². The Morgan fingerprint density at radius 2 is 0.818 bits per heavy atom. The van der Waals surface area contributed by atoms with Crippen LogP contribution in [0.25, 0.3) is 5.69 Å². The Morgan fingerprint density at radius 3 is 1.05 bits per heavy atom. The third kappa shape index (κ3) is 14.1. The van der Waals surface area contributed by atoms with Gasteiger partial charge >= 0.3 is 36.3 Å². The van der Waals surface area contributed by atoms with Crippen LogP contribution < -0.4 is 4.74 Å². The average molecular weight is 776 g/mol. The van der Waals surface area contributed by atoms with Gasteiger partial charge in [-0.3, -0.25) is 0 Å². The van der Waals surface area contributed by atoms with Crippen LogP contribution in [0.15, 0.2) is 36.7 Å². The van der Waals surface area contributed by atoms with Crippen LogP contribution in [0, 0.1) is 0 Å². The zero-order valence-corrected chi connectivity index (χ0v) is 34.7. The van der Waals surface area contributed by atoms with E-state index in [1.165, 1.54) is 7.11 Å². The largest absolute Gasteiger partial charge is 0.497 e. The maximum Gasteiger partial charge on any atom is 0.420 e. The van der Waals surface area contributed by atoms with E-state index in [1.807, 2.05) is 0 Å². The van der Waals surface area contributed by atoms with Crippen LogP contribution in [0.5, 0.6) is 5.75 Å². The molecule has 2 atom stereocenters. The molecule has 0 saturated carbocycles. The van der Waals surface area contributed by atoms with Crippen molar-refractivity contribution in [2.24, 2.45) is 0 Å². The van der Waals surface area contributed by atoms with Gasteiger partial charge in [0.1, 0.15) is 40.2 Å². The summed E-state index contributed by atoms with van der Waals surface area (Å²) in [7, 11) is 3.70. The first-order valence-corrected chi connectivity index (χ1v) is 17.6. The Morgan fingerprint density at radius 1 is 0.527 bits per heavy atom. The standard InChI is InChI=1S/C39H57N3O13/c1-36(2,3)52-32(45)41(33(46)53-37(4,5)6)28(30(43)50-14)20-24-22-40(26-16-18-27(49-13)19-17-26)23-25(24)21-29(31(44)51-15)42(34(47)54-38(7,8)9)35(48)55-39(10,11)12/h16-19,22-23,28-29H,20-21H2,1-15H3/t28-,29-/m0/s1. The monoisotopic (exact) mass is 775 g/mol. The normalized spacial score (nSPS) is 13.1. The van der Waals surface area contributed by atoms with E-state index in [0.29, 0.717) is 32.4 Å². The minimum absolute atomic E-state index is 0.297. The van der Waals surface area contributed by atoms with Crippen LogP contribution in [0.2, 0.25) is 0 Å². The van der Waals surface area contributed by atoms with Gasteiger partial charge in [-0.05, 0) is 118 Å². The van der Waals surface area contributed by atoms with Gasteiger partial charge < -0.3 is 37.7 Å². The SMILES string of the molecule is COC(=O)[C@H](Cc1cn(-c2ccc(OC)cc2)cc1C[C@@H](C(=O)OC)N(C(=O)OC(C)(C)C)C(=O)OC(C)(C)C)N(C(=O)OC(C)(C)C)C(=O)OC(C)(C)C. The third-order valence-corrected chi connectivity index (χ3v) is 7.13. The molecule has 2 aromatic rings. The van der Waals surface area contributed by atoms with Gasteiger partial charge in [0.2, 0.25) is 0 Å². The van der Waals surface area contributed by atoms with Gasteiger partial charge in [-0.25, -0.2) is 28.8 Å². The fraction of sp³-hybridized carbons (Fsp3) is 0.590. The van der Waals surface area contributed by atoms with Crippen LogP contribution in [0.1, 0.15) is 94.2 Å². The van der Waals surface area contributed by atoms with E-state index in [4.69, 9.17) is 33.2 Å². The summed E-state index contributed by atoms with van der Waals surface area (Å²) in [5.41, 5.74) is -3.13. The van der Waals surface area contributed by atoms with E-state index < -0.39 is 83.6 Å². The zero-order chi connectivity index (χ0) is 42.3. The molecule has 16 heteroatoms. The first-order chi connectivity index (χ1) is 25.1. The van der Waals surface area contributed by atoms with Crippen molar-refractivity contribution in [2.75, 3.05) is 21.3 Å². The van der Waals surface area contributed by atoms with Crippen LogP contribution in [-0.4, -0.2) is 106 Å². The number of ether oxygens (including phenoxy) is 7. The first-order valence-electron chi connectivity index (χ1n) is 17.6. The fourth-order valence-corrected chi connectivity index (χ4v) is 4.96. The summed E-state index contributed by atoms with van der Waals surface area (Å²) in [6, 6.07) is 3.58. The van der Waals surface area contributed by atoms with Gasteiger partial charge in [-0.15, -0.1) is 0 Å². The quantitative estimate of drug-likeness (QED) is 0.178. The molecule has 1 heterocycles. The number of esters is 2. The predicted molar refractivity (Wildman–Crippen MR) is 200 cm³/mol. The predicted octanol–water partition coefficient (Wildman–Crippen LogP) is 7.00. The molecule has 0 spiro atoms. The summed E-state index contributed by atoms with van der Waals surface area (Å²) in [6.07, 6.45) is -2.29. The number of nitrogens with zero attached hydrogens (tertiary/aromatic N) is 3. The maximum atomic E-state index is 13.7. The van der Waals surface area contributed by atoms with E-state index >= 15 is 0 Å². The van der Waals surface area contributed by atoms with Gasteiger partial charge in [0, 0.05) is 30.9 Å². The van der Waals surface area contributed by atoms with Crippen molar-refractivity contribution in [1.29, 1.82) is 0 Å². The van der Waals surface area contributed by atoms with Gasteiger partial charge in [0.05, 0.1) is 21.3 Å². The topological polar surface area (TPSA) is 178 Å². The molecule has 0 aliphatic heterocycles. The molecule has 16 nitrogen and oxygen atoms in total. The number of hydrogen-bond acceptors (Lipinski definition) is 13. The molecule has 0 unspecified atom stereocenters. The maximum absolute atomic E-state index is 13.7. The first kappa shape index (κ1) is 45.9. The highest BCUT2D eigenvalue weighted by Crippen LogP contribution is 2.27. The molecular weight excluding hydrogens is 718 g/mol. The number of benzene rings is 1. The Bertz CT molecular complexity index is 1530. The number of rotatable bonds is 10. The van der Waals surface area contributed by atoms with Crippen molar-refractivity contribution >= 4 is 36.3 Å². The minimum Gasteiger partial charge on any atom is -0.497 e. The van der Waals surface area contributed by atoms with E-state index in [-0.39, 0.29) is 0 Å². The summed E-state index contributed by atoms with van der Waals surface area (Å²) in [4.78, 5) is 83.0. The number of imide groups is 2. The number of methoxy groups -OCH3 is 3. The highest BCUT2D eigenvalue weighted by Gasteiger charge is 2.44. The molecule has 0 aliphatic rings. The van der Waals surface area contributed by atoms with Crippen LogP contribution in [0.3, 0.4) is 0 Å².